The average molecular weight is 309 g/mol. The maximum Gasteiger partial charge on any atom is 0.358 e. The summed E-state index contributed by atoms with van der Waals surface area (Å²) in [5, 5.41) is 28.9. The molecule has 1 aromatic heterocycles. The van der Waals surface area contributed by atoms with Gasteiger partial charge in [0.2, 0.25) is 0 Å². The van der Waals surface area contributed by atoms with Crippen molar-refractivity contribution in [2.45, 2.75) is 25.2 Å². The number of rotatable bonds is 3. The minimum atomic E-state index is -1.05. The maximum atomic E-state index is 11.5. The number of phenols is 1. The lowest BCUT2D eigenvalue weighted by Gasteiger charge is -2.26. The van der Waals surface area contributed by atoms with E-state index in [1.54, 1.807) is 16.8 Å². The molecule has 4 rings (SSSR count). The Bertz CT molecular complexity index is 913. The zero-order valence-corrected chi connectivity index (χ0v) is 12.3. The van der Waals surface area contributed by atoms with Crippen LogP contribution in [-0.4, -0.2) is 31.2 Å². The summed E-state index contributed by atoms with van der Waals surface area (Å²) in [6.45, 7) is 0. The van der Waals surface area contributed by atoms with Crippen LogP contribution in [-0.2, 0) is 0 Å². The fourth-order valence-electron chi connectivity index (χ4n) is 3.13. The zero-order valence-electron chi connectivity index (χ0n) is 12.3. The number of benzene rings is 2. The first-order chi connectivity index (χ1) is 11.2. The van der Waals surface area contributed by atoms with Crippen molar-refractivity contribution in [1.29, 1.82) is 0 Å². The summed E-state index contributed by atoms with van der Waals surface area (Å²) in [4.78, 5) is 11.5. The third kappa shape index (κ3) is 2.06. The number of phenolic OH excluding ortho intramolecular Hbond substituents is 1. The lowest BCUT2D eigenvalue weighted by atomic mass is 9.82. The molecular formula is C17H15N3O3. The fraction of sp³-hybridized carbons (Fsp3) is 0.235. The number of hydrogen-bond donors (Lipinski definition) is 2. The molecule has 116 valence electrons. The highest BCUT2D eigenvalue weighted by Gasteiger charge is 2.31. The molecule has 0 unspecified atom stereocenters. The monoisotopic (exact) mass is 309 g/mol. The van der Waals surface area contributed by atoms with Gasteiger partial charge in [0.25, 0.3) is 0 Å². The summed E-state index contributed by atoms with van der Waals surface area (Å²) >= 11 is 0. The molecule has 1 saturated carbocycles. The highest BCUT2D eigenvalue weighted by molar-refractivity contribution is 5.94. The van der Waals surface area contributed by atoms with Gasteiger partial charge in [-0.25, -0.2) is 9.48 Å². The van der Waals surface area contributed by atoms with E-state index in [0.717, 1.165) is 30.3 Å². The van der Waals surface area contributed by atoms with Crippen LogP contribution in [0, 0.1) is 0 Å². The highest BCUT2D eigenvalue weighted by Crippen LogP contribution is 2.39. The Hall–Kier alpha value is -2.89. The normalized spacial score (nSPS) is 14.8. The number of carboxylic acids is 1. The summed E-state index contributed by atoms with van der Waals surface area (Å²) in [5.74, 6) is -0.696. The Morgan fingerprint density at radius 2 is 1.87 bits per heavy atom. The van der Waals surface area contributed by atoms with Crippen LogP contribution >= 0.6 is 0 Å². The van der Waals surface area contributed by atoms with Crippen molar-refractivity contribution in [3.63, 3.8) is 0 Å². The van der Waals surface area contributed by atoms with Gasteiger partial charge in [-0.15, -0.1) is 5.10 Å². The third-order valence-corrected chi connectivity index (χ3v) is 4.50. The molecule has 0 radical (unpaired) electrons. The molecule has 0 aliphatic heterocycles. The predicted octanol–water partition coefficient (Wildman–Crippen LogP) is 3.09. The largest absolute Gasteiger partial charge is 0.507 e. The van der Waals surface area contributed by atoms with Gasteiger partial charge in [0.05, 0.1) is 11.4 Å². The Morgan fingerprint density at radius 3 is 2.57 bits per heavy atom. The number of aromatic carboxylic acids is 1. The second-order valence-corrected chi connectivity index (χ2v) is 5.82. The molecule has 0 spiro atoms. The summed E-state index contributed by atoms with van der Waals surface area (Å²) in [6.07, 6.45) is 2.98. The van der Waals surface area contributed by atoms with Crippen molar-refractivity contribution >= 4 is 16.7 Å². The quantitative estimate of drug-likeness (QED) is 0.776. The molecule has 1 fully saturated rings. The first-order valence-electron chi connectivity index (χ1n) is 7.57. The Balaban J connectivity index is 1.98. The lowest BCUT2D eigenvalue weighted by Crippen LogP contribution is -2.17. The van der Waals surface area contributed by atoms with Crippen molar-refractivity contribution in [2.24, 2.45) is 0 Å². The molecule has 0 amide bonds. The van der Waals surface area contributed by atoms with Crippen LogP contribution in [0.1, 0.15) is 41.4 Å². The summed E-state index contributed by atoms with van der Waals surface area (Å²) < 4.78 is 1.62. The molecule has 0 saturated heterocycles. The van der Waals surface area contributed by atoms with Gasteiger partial charge in [0.15, 0.2) is 5.69 Å². The van der Waals surface area contributed by atoms with Gasteiger partial charge in [-0.05, 0) is 25.0 Å². The van der Waals surface area contributed by atoms with E-state index >= 15 is 0 Å². The van der Waals surface area contributed by atoms with Gasteiger partial charge < -0.3 is 10.2 Å². The molecule has 0 atom stereocenters. The number of nitrogens with zero attached hydrogens (tertiary/aromatic N) is 3. The van der Waals surface area contributed by atoms with Crippen molar-refractivity contribution in [3.05, 3.63) is 47.8 Å². The molecule has 6 heteroatoms. The third-order valence-electron chi connectivity index (χ3n) is 4.50. The van der Waals surface area contributed by atoms with Crippen LogP contribution in [0.5, 0.6) is 5.75 Å². The van der Waals surface area contributed by atoms with Crippen LogP contribution in [0.4, 0.5) is 0 Å². The van der Waals surface area contributed by atoms with Crippen LogP contribution in [0.2, 0.25) is 0 Å². The number of aromatic hydroxyl groups is 1. The molecule has 2 aromatic carbocycles. The number of carbonyl (C=O) groups is 1. The van der Waals surface area contributed by atoms with Crippen molar-refractivity contribution in [3.8, 4) is 11.4 Å². The molecule has 0 bridgehead atoms. The van der Waals surface area contributed by atoms with E-state index in [2.05, 4.69) is 10.3 Å². The van der Waals surface area contributed by atoms with Gasteiger partial charge in [-0.2, -0.15) is 0 Å². The van der Waals surface area contributed by atoms with Gasteiger partial charge in [-0.1, -0.05) is 35.9 Å². The number of carboxylic acid groups (broad SMARTS) is 1. The fourth-order valence-corrected chi connectivity index (χ4v) is 3.13. The molecule has 1 heterocycles. The van der Waals surface area contributed by atoms with E-state index in [0.29, 0.717) is 11.1 Å². The van der Waals surface area contributed by atoms with E-state index in [-0.39, 0.29) is 17.4 Å². The predicted molar refractivity (Wildman–Crippen MR) is 84.1 cm³/mol. The van der Waals surface area contributed by atoms with Gasteiger partial charge in [0.1, 0.15) is 5.75 Å². The molecule has 3 aromatic rings. The Kier molecular flexibility index (Phi) is 3.04. The van der Waals surface area contributed by atoms with Crippen LogP contribution in [0.3, 0.4) is 0 Å². The first-order valence-corrected chi connectivity index (χ1v) is 7.57. The standard InChI is InChI=1S/C17H15N3O3/c21-14-9-3-6-11-12(14)7-2-8-13(11)20-16(10-4-1-5-10)15(17(22)23)18-19-20/h2-3,6-10,21H,1,4-5H2,(H,22,23). The van der Waals surface area contributed by atoms with Gasteiger partial charge in [0, 0.05) is 16.7 Å². The minimum Gasteiger partial charge on any atom is -0.507 e. The molecule has 2 N–H and O–H groups in total. The second-order valence-electron chi connectivity index (χ2n) is 5.82. The molecule has 1 aliphatic carbocycles. The van der Waals surface area contributed by atoms with Gasteiger partial charge >= 0.3 is 5.97 Å². The Labute approximate surface area is 132 Å². The van der Waals surface area contributed by atoms with Crippen LogP contribution in [0.25, 0.3) is 16.5 Å². The zero-order chi connectivity index (χ0) is 16.0. The summed E-state index contributed by atoms with van der Waals surface area (Å²) in [6, 6.07) is 10.8. The average Bonchev–Trinajstić information content (AvgIpc) is 2.90. The smallest absolute Gasteiger partial charge is 0.358 e. The molecule has 6 nitrogen and oxygen atoms in total. The van der Waals surface area contributed by atoms with E-state index in [4.69, 9.17) is 0 Å². The number of fused-ring (bicyclic) bond motifs is 1. The second kappa shape index (κ2) is 5.08. The van der Waals surface area contributed by atoms with Crippen molar-refractivity contribution < 1.29 is 15.0 Å². The maximum absolute atomic E-state index is 11.5. The van der Waals surface area contributed by atoms with Crippen LogP contribution in [0.15, 0.2) is 36.4 Å². The lowest BCUT2D eigenvalue weighted by molar-refractivity contribution is 0.0687. The van der Waals surface area contributed by atoms with Gasteiger partial charge in [-0.3, -0.25) is 0 Å². The Morgan fingerprint density at radius 1 is 1.13 bits per heavy atom. The topological polar surface area (TPSA) is 88.2 Å². The highest BCUT2D eigenvalue weighted by atomic mass is 16.4. The van der Waals surface area contributed by atoms with E-state index in [1.807, 2.05) is 24.3 Å². The number of aromatic nitrogens is 3. The van der Waals surface area contributed by atoms with Crippen molar-refractivity contribution in [2.75, 3.05) is 0 Å². The van der Waals surface area contributed by atoms with Crippen LogP contribution < -0.4 is 0 Å². The molecular weight excluding hydrogens is 294 g/mol. The SMILES string of the molecule is O=C(O)c1nnn(-c2cccc3c(O)cccc23)c1C1CCC1. The van der Waals surface area contributed by atoms with E-state index in [1.165, 1.54) is 0 Å². The number of hydrogen-bond acceptors (Lipinski definition) is 4. The summed E-state index contributed by atoms with van der Waals surface area (Å²) in [7, 11) is 0. The van der Waals surface area contributed by atoms with E-state index < -0.39 is 5.97 Å². The first kappa shape index (κ1) is 13.8. The van der Waals surface area contributed by atoms with E-state index in [9.17, 15) is 15.0 Å². The van der Waals surface area contributed by atoms with Crippen molar-refractivity contribution in [1.82, 2.24) is 15.0 Å². The molecule has 23 heavy (non-hydrogen) atoms. The minimum absolute atomic E-state index is 0.0202. The summed E-state index contributed by atoms with van der Waals surface area (Å²) in [5.41, 5.74) is 1.41. The molecule has 1 aliphatic rings.